The number of hydrogen-bond donors (Lipinski definition) is 1. The molecular formula is C18H24N4OS2. The number of hydrogen-bond acceptors (Lipinski definition) is 6. The highest BCUT2D eigenvalue weighted by molar-refractivity contribution is 8.01. The average molecular weight is 377 g/mol. The standard InChI is InChI=1S/C18H24N4OS2/c1-3-21-8-10-22(11-9-21)16-7-5-4-6-15(16)20-17(23)13-25-18-19-14(2)12-24-18/h4-7,12H,3,8-11,13H2,1-2H3,(H,20,23). The summed E-state index contributed by atoms with van der Waals surface area (Å²) in [5.74, 6) is 0.391. The molecule has 0 bridgehead atoms. The lowest BCUT2D eigenvalue weighted by atomic mass is 10.2. The summed E-state index contributed by atoms with van der Waals surface area (Å²) in [6.07, 6.45) is 0. The van der Waals surface area contributed by atoms with Gasteiger partial charge in [0.1, 0.15) is 0 Å². The van der Waals surface area contributed by atoms with E-state index in [-0.39, 0.29) is 5.91 Å². The van der Waals surface area contributed by atoms with Crippen molar-refractivity contribution in [1.29, 1.82) is 0 Å². The lowest BCUT2D eigenvalue weighted by Gasteiger charge is -2.36. The van der Waals surface area contributed by atoms with Gasteiger partial charge >= 0.3 is 0 Å². The molecule has 0 radical (unpaired) electrons. The van der Waals surface area contributed by atoms with E-state index in [4.69, 9.17) is 0 Å². The minimum atomic E-state index is 0.0116. The smallest absolute Gasteiger partial charge is 0.234 e. The van der Waals surface area contributed by atoms with Crippen LogP contribution in [0.15, 0.2) is 34.0 Å². The van der Waals surface area contributed by atoms with Crippen LogP contribution in [0.3, 0.4) is 0 Å². The Balaban J connectivity index is 1.59. The zero-order valence-electron chi connectivity index (χ0n) is 14.7. The van der Waals surface area contributed by atoms with Gasteiger partial charge in [-0.1, -0.05) is 30.8 Å². The number of rotatable bonds is 6. The molecule has 1 aromatic carbocycles. The zero-order chi connectivity index (χ0) is 17.6. The number of benzene rings is 1. The molecule has 134 valence electrons. The van der Waals surface area contributed by atoms with E-state index in [9.17, 15) is 4.79 Å². The third-order valence-corrected chi connectivity index (χ3v) is 6.40. The number of nitrogens with zero attached hydrogens (tertiary/aromatic N) is 3. The minimum Gasteiger partial charge on any atom is -0.367 e. The lowest BCUT2D eigenvalue weighted by Crippen LogP contribution is -2.46. The topological polar surface area (TPSA) is 48.5 Å². The van der Waals surface area contributed by atoms with Crippen molar-refractivity contribution >= 4 is 40.4 Å². The van der Waals surface area contributed by atoms with Crippen LogP contribution < -0.4 is 10.2 Å². The molecule has 1 fully saturated rings. The second-order valence-electron chi connectivity index (χ2n) is 6.03. The Morgan fingerprint density at radius 3 is 2.72 bits per heavy atom. The summed E-state index contributed by atoms with van der Waals surface area (Å²) < 4.78 is 0.941. The summed E-state index contributed by atoms with van der Waals surface area (Å²) in [5, 5.41) is 5.08. The number of nitrogens with one attached hydrogen (secondary N) is 1. The van der Waals surface area contributed by atoms with Gasteiger partial charge in [-0.05, 0) is 25.6 Å². The second kappa shape index (κ2) is 8.69. The van der Waals surface area contributed by atoms with Gasteiger partial charge in [-0.2, -0.15) is 0 Å². The Morgan fingerprint density at radius 1 is 1.28 bits per heavy atom. The van der Waals surface area contributed by atoms with E-state index in [1.54, 1.807) is 11.3 Å². The Kier molecular flexibility index (Phi) is 6.34. The minimum absolute atomic E-state index is 0.0116. The van der Waals surface area contributed by atoms with Crippen molar-refractivity contribution < 1.29 is 4.79 Å². The van der Waals surface area contributed by atoms with Gasteiger partial charge in [-0.25, -0.2) is 4.98 Å². The molecule has 2 heterocycles. The number of likely N-dealkylation sites (N-methyl/N-ethyl adjacent to an activating group) is 1. The van der Waals surface area contributed by atoms with Crippen LogP contribution in [0.4, 0.5) is 11.4 Å². The molecule has 1 saturated heterocycles. The third-order valence-electron chi connectivity index (χ3n) is 4.26. The molecule has 0 saturated carbocycles. The van der Waals surface area contributed by atoms with Crippen molar-refractivity contribution in [2.45, 2.75) is 18.2 Å². The van der Waals surface area contributed by atoms with Crippen molar-refractivity contribution in [2.24, 2.45) is 0 Å². The van der Waals surface area contributed by atoms with Gasteiger partial charge in [0.15, 0.2) is 4.34 Å². The molecule has 2 aromatic rings. The number of piperazine rings is 1. The number of aromatic nitrogens is 1. The van der Waals surface area contributed by atoms with E-state index in [1.165, 1.54) is 11.8 Å². The maximum atomic E-state index is 12.3. The molecule has 1 aliphatic heterocycles. The fraction of sp³-hybridized carbons (Fsp3) is 0.444. The molecule has 0 spiro atoms. The van der Waals surface area contributed by atoms with Gasteiger partial charge in [0, 0.05) is 37.3 Å². The fourth-order valence-electron chi connectivity index (χ4n) is 2.87. The van der Waals surface area contributed by atoms with E-state index < -0.39 is 0 Å². The van der Waals surface area contributed by atoms with Crippen LogP contribution in [0.25, 0.3) is 0 Å². The number of para-hydroxylation sites is 2. The predicted molar refractivity (Wildman–Crippen MR) is 107 cm³/mol. The molecule has 7 heteroatoms. The Bertz CT molecular complexity index is 711. The summed E-state index contributed by atoms with van der Waals surface area (Å²) >= 11 is 3.07. The van der Waals surface area contributed by atoms with Crippen LogP contribution in [-0.2, 0) is 4.79 Å². The summed E-state index contributed by atoms with van der Waals surface area (Å²) in [7, 11) is 0. The zero-order valence-corrected chi connectivity index (χ0v) is 16.3. The summed E-state index contributed by atoms with van der Waals surface area (Å²) in [6, 6.07) is 8.08. The average Bonchev–Trinajstić information content (AvgIpc) is 3.06. The highest BCUT2D eigenvalue weighted by Crippen LogP contribution is 2.27. The normalized spacial score (nSPS) is 15.4. The molecule has 25 heavy (non-hydrogen) atoms. The predicted octanol–water partition coefficient (Wildman–Crippen LogP) is 3.32. The maximum Gasteiger partial charge on any atom is 0.234 e. The van der Waals surface area contributed by atoms with Gasteiger partial charge < -0.3 is 15.1 Å². The first kappa shape index (κ1) is 18.2. The third kappa shape index (κ3) is 4.96. The lowest BCUT2D eigenvalue weighted by molar-refractivity contribution is -0.113. The van der Waals surface area contributed by atoms with E-state index in [2.05, 4.69) is 33.1 Å². The number of anilines is 2. The Hall–Kier alpha value is -1.57. The number of thioether (sulfide) groups is 1. The van der Waals surface area contributed by atoms with Gasteiger partial charge in [0.05, 0.1) is 17.1 Å². The van der Waals surface area contributed by atoms with Crippen LogP contribution in [-0.4, -0.2) is 54.3 Å². The van der Waals surface area contributed by atoms with Crippen molar-refractivity contribution in [2.75, 3.05) is 48.7 Å². The number of aryl methyl sites for hydroxylation is 1. The summed E-state index contributed by atoms with van der Waals surface area (Å²) in [4.78, 5) is 21.5. The van der Waals surface area contributed by atoms with E-state index >= 15 is 0 Å². The van der Waals surface area contributed by atoms with Crippen molar-refractivity contribution in [1.82, 2.24) is 9.88 Å². The molecule has 1 aromatic heterocycles. The van der Waals surface area contributed by atoms with Gasteiger partial charge in [-0.15, -0.1) is 11.3 Å². The summed E-state index contributed by atoms with van der Waals surface area (Å²) in [5.41, 5.74) is 3.01. The van der Waals surface area contributed by atoms with Crippen molar-refractivity contribution in [3.8, 4) is 0 Å². The number of carbonyl (C=O) groups excluding carboxylic acids is 1. The van der Waals surface area contributed by atoms with E-state index in [1.807, 2.05) is 30.5 Å². The number of carbonyl (C=O) groups is 1. The molecule has 3 rings (SSSR count). The monoisotopic (exact) mass is 376 g/mol. The molecular weight excluding hydrogens is 352 g/mol. The molecule has 1 aliphatic rings. The molecule has 0 aliphatic carbocycles. The fourth-order valence-corrected chi connectivity index (χ4v) is 4.52. The second-order valence-corrected chi connectivity index (χ2v) is 8.11. The van der Waals surface area contributed by atoms with Crippen LogP contribution >= 0.6 is 23.1 Å². The first-order valence-corrected chi connectivity index (χ1v) is 10.4. The van der Waals surface area contributed by atoms with Crippen LogP contribution in [0.2, 0.25) is 0 Å². The van der Waals surface area contributed by atoms with Gasteiger partial charge in [0.25, 0.3) is 0 Å². The Morgan fingerprint density at radius 2 is 2.04 bits per heavy atom. The highest BCUT2D eigenvalue weighted by Gasteiger charge is 2.18. The largest absolute Gasteiger partial charge is 0.367 e. The molecule has 1 amide bonds. The van der Waals surface area contributed by atoms with Crippen molar-refractivity contribution in [3.05, 3.63) is 35.3 Å². The first-order chi connectivity index (χ1) is 12.2. The van der Waals surface area contributed by atoms with E-state index in [0.717, 1.165) is 54.1 Å². The molecule has 0 unspecified atom stereocenters. The Labute approximate surface area is 157 Å². The van der Waals surface area contributed by atoms with Gasteiger partial charge in [0.2, 0.25) is 5.91 Å². The molecule has 5 nitrogen and oxygen atoms in total. The maximum absolute atomic E-state index is 12.3. The van der Waals surface area contributed by atoms with Crippen LogP contribution in [0.1, 0.15) is 12.6 Å². The highest BCUT2D eigenvalue weighted by atomic mass is 32.2. The first-order valence-electron chi connectivity index (χ1n) is 8.57. The SMILES string of the molecule is CCN1CCN(c2ccccc2NC(=O)CSc2nc(C)cs2)CC1. The number of thiazole rings is 1. The molecule has 1 N–H and O–H groups in total. The van der Waals surface area contributed by atoms with Crippen molar-refractivity contribution in [3.63, 3.8) is 0 Å². The van der Waals surface area contributed by atoms with Crippen LogP contribution in [0.5, 0.6) is 0 Å². The van der Waals surface area contributed by atoms with Gasteiger partial charge in [-0.3, -0.25) is 4.79 Å². The number of amides is 1. The quantitative estimate of drug-likeness (QED) is 0.784. The van der Waals surface area contributed by atoms with E-state index in [0.29, 0.717) is 5.75 Å². The molecule has 0 atom stereocenters. The van der Waals surface area contributed by atoms with Crippen LogP contribution in [0, 0.1) is 6.92 Å². The summed E-state index contributed by atoms with van der Waals surface area (Å²) in [6.45, 7) is 9.39.